The highest BCUT2D eigenvalue weighted by molar-refractivity contribution is 7.89. The molecule has 0 radical (unpaired) electrons. The Balaban J connectivity index is 3.23. The van der Waals surface area contributed by atoms with Crippen LogP contribution < -0.4 is 10.5 Å². The Morgan fingerprint density at radius 3 is 2.56 bits per heavy atom. The van der Waals surface area contributed by atoms with Crippen LogP contribution in [0.1, 0.15) is 18.1 Å². The normalized spacial score (nSPS) is 11.8. The van der Waals surface area contributed by atoms with Crippen LogP contribution in [0.25, 0.3) is 0 Å². The fraction of sp³-hybridized carbons (Fsp3) is 0.400. The number of benzene rings is 1. The summed E-state index contributed by atoms with van der Waals surface area (Å²) in [4.78, 5) is -0.152. The Morgan fingerprint density at radius 1 is 1.44 bits per heavy atom. The molecule has 0 saturated carbocycles. The van der Waals surface area contributed by atoms with E-state index in [0.29, 0.717) is 12.1 Å². The van der Waals surface area contributed by atoms with Crippen molar-refractivity contribution in [3.8, 4) is 0 Å². The van der Waals surface area contributed by atoms with Crippen molar-refractivity contribution in [3.63, 3.8) is 0 Å². The van der Waals surface area contributed by atoms with Crippen molar-refractivity contribution in [2.75, 3.05) is 6.54 Å². The molecular weight excluding hydrogens is 231 g/mol. The van der Waals surface area contributed by atoms with E-state index in [0.717, 1.165) is 6.54 Å². The van der Waals surface area contributed by atoms with Crippen LogP contribution in [-0.2, 0) is 16.6 Å². The van der Waals surface area contributed by atoms with E-state index >= 15 is 0 Å². The van der Waals surface area contributed by atoms with Gasteiger partial charge in [-0.05, 0) is 31.2 Å². The summed E-state index contributed by atoms with van der Waals surface area (Å²) in [7, 11) is -3.87. The number of sulfonamides is 1. The Labute approximate surface area is 94.7 Å². The maximum Gasteiger partial charge on any atom is 0.238 e. The molecule has 0 fully saturated rings. The van der Waals surface area contributed by atoms with Crippen molar-refractivity contribution in [2.24, 2.45) is 5.14 Å². The molecule has 3 N–H and O–H groups in total. The number of nitrogens with two attached hydrogens (primary N) is 1. The van der Waals surface area contributed by atoms with E-state index in [-0.39, 0.29) is 10.5 Å². The van der Waals surface area contributed by atoms with E-state index in [1.807, 2.05) is 6.92 Å². The minimum atomic E-state index is -3.87. The molecule has 0 spiro atoms. The van der Waals surface area contributed by atoms with Gasteiger partial charge >= 0.3 is 0 Å². The van der Waals surface area contributed by atoms with Crippen LogP contribution in [-0.4, -0.2) is 15.0 Å². The van der Waals surface area contributed by atoms with E-state index in [2.05, 4.69) is 5.32 Å². The second-order valence-electron chi connectivity index (χ2n) is 3.53. The molecule has 6 heteroatoms. The summed E-state index contributed by atoms with van der Waals surface area (Å²) in [6, 6.07) is 2.71. The Kier molecular flexibility index (Phi) is 4.01. The summed E-state index contributed by atoms with van der Waals surface area (Å²) in [5, 5.41) is 8.00. The van der Waals surface area contributed by atoms with E-state index in [4.69, 9.17) is 5.14 Å². The molecule has 16 heavy (non-hydrogen) atoms. The maximum absolute atomic E-state index is 13.4. The van der Waals surface area contributed by atoms with Crippen molar-refractivity contribution in [1.29, 1.82) is 0 Å². The standard InChI is InChI=1S/C10H15FN2O2S/c1-3-13-6-8-4-9(11)7(2)10(5-8)16(12,14)15/h4-5,13H,3,6H2,1-2H3,(H2,12,14,15). The molecule has 0 aliphatic heterocycles. The summed E-state index contributed by atoms with van der Waals surface area (Å²) in [5.74, 6) is -0.556. The van der Waals surface area contributed by atoms with Crippen LogP contribution in [0.2, 0.25) is 0 Å². The molecule has 1 rings (SSSR count). The van der Waals surface area contributed by atoms with Gasteiger partial charge in [0.15, 0.2) is 0 Å². The zero-order chi connectivity index (χ0) is 12.3. The largest absolute Gasteiger partial charge is 0.313 e. The molecule has 0 aliphatic carbocycles. The molecule has 0 unspecified atom stereocenters. The first-order valence-corrected chi connectivity index (χ1v) is 6.43. The number of hydrogen-bond acceptors (Lipinski definition) is 3. The van der Waals surface area contributed by atoms with Gasteiger partial charge in [-0.1, -0.05) is 6.92 Å². The van der Waals surface area contributed by atoms with Crippen molar-refractivity contribution in [2.45, 2.75) is 25.3 Å². The number of hydrogen-bond donors (Lipinski definition) is 2. The number of nitrogens with one attached hydrogen (secondary N) is 1. The number of primary sulfonamides is 1. The zero-order valence-corrected chi connectivity index (χ0v) is 10.1. The van der Waals surface area contributed by atoms with Gasteiger partial charge in [0, 0.05) is 12.1 Å². The topological polar surface area (TPSA) is 72.2 Å². The predicted octanol–water partition coefficient (Wildman–Crippen LogP) is 0.891. The first-order valence-electron chi connectivity index (χ1n) is 4.88. The number of rotatable bonds is 4. The van der Waals surface area contributed by atoms with Gasteiger partial charge in [0.1, 0.15) is 5.82 Å². The van der Waals surface area contributed by atoms with E-state index in [1.165, 1.54) is 19.1 Å². The van der Waals surface area contributed by atoms with Gasteiger partial charge in [0.2, 0.25) is 10.0 Å². The average molecular weight is 246 g/mol. The zero-order valence-electron chi connectivity index (χ0n) is 9.25. The van der Waals surface area contributed by atoms with Gasteiger partial charge in [-0.3, -0.25) is 0 Å². The Morgan fingerprint density at radius 2 is 2.06 bits per heavy atom. The lowest BCUT2D eigenvalue weighted by Crippen LogP contribution is -2.17. The molecule has 4 nitrogen and oxygen atoms in total. The smallest absolute Gasteiger partial charge is 0.238 e. The minimum Gasteiger partial charge on any atom is -0.313 e. The molecule has 0 aliphatic rings. The summed E-state index contributed by atoms with van der Waals surface area (Å²) < 4.78 is 35.9. The second-order valence-corrected chi connectivity index (χ2v) is 5.06. The third-order valence-corrected chi connectivity index (χ3v) is 3.28. The fourth-order valence-electron chi connectivity index (χ4n) is 1.37. The van der Waals surface area contributed by atoms with Crippen molar-refractivity contribution < 1.29 is 12.8 Å². The third kappa shape index (κ3) is 3.01. The molecule has 90 valence electrons. The van der Waals surface area contributed by atoms with Crippen LogP contribution in [0.15, 0.2) is 17.0 Å². The first kappa shape index (κ1) is 13.1. The fourth-order valence-corrected chi connectivity index (χ4v) is 2.21. The van der Waals surface area contributed by atoms with Gasteiger partial charge in [-0.25, -0.2) is 17.9 Å². The van der Waals surface area contributed by atoms with Crippen LogP contribution in [0.5, 0.6) is 0 Å². The molecular formula is C10H15FN2O2S. The van der Waals surface area contributed by atoms with Crippen LogP contribution >= 0.6 is 0 Å². The van der Waals surface area contributed by atoms with Gasteiger partial charge in [0.05, 0.1) is 4.90 Å². The van der Waals surface area contributed by atoms with Crippen LogP contribution in [0.3, 0.4) is 0 Å². The van der Waals surface area contributed by atoms with Gasteiger partial charge in [-0.2, -0.15) is 0 Å². The van der Waals surface area contributed by atoms with Gasteiger partial charge in [0.25, 0.3) is 0 Å². The third-order valence-electron chi connectivity index (χ3n) is 2.24. The van der Waals surface area contributed by atoms with E-state index in [9.17, 15) is 12.8 Å². The second kappa shape index (κ2) is 4.90. The highest BCUT2D eigenvalue weighted by atomic mass is 32.2. The molecule has 1 aromatic rings. The van der Waals surface area contributed by atoms with Crippen molar-refractivity contribution >= 4 is 10.0 Å². The molecule has 0 heterocycles. The van der Waals surface area contributed by atoms with Crippen molar-refractivity contribution in [1.82, 2.24) is 5.32 Å². The molecule has 0 aromatic heterocycles. The highest BCUT2D eigenvalue weighted by Gasteiger charge is 2.15. The maximum atomic E-state index is 13.4. The highest BCUT2D eigenvalue weighted by Crippen LogP contribution is 2.19. The molecule has 1 aromatic carbocycles. The summed E-state index contributed by atoms with van der Waals surface area (Å²) >= 11 is 0. The van der Waals surface area contributed by atoms with Gasteiger partial charge < -0.3 is 5.32 Å². The molecule has 0 atom stereocenters. The van der Waals surface area contributed by atoms with Gasteiger partial charge in [-0.15, -0.1) is 0 Å². The van der Waals surface area contributed by atoms with Crippen LogP contribution in [0, 0.1) is 12.7 Å². The minimum absolute atomic E-state index is 0.0581. The molecule has 0 saturated heterocycles. The predicted molar refractivity (Wildman–Crippen MR) is 59.9 cm³/mol. The van der Waals surface area contributed by atoms with Crippen molar-refractivity contribution in [3.05, 3.63) is 29.1 Å². The monoisotopic (exact) mass is 246 g/mol. The lowest BCUT2D eigenvalue weighted by Gasteiger charge is -2.08. The molecule has 0 amide bonds. The summed E-state index contributed by atoms with van der Waals surface area (Å²) in [5.41, 5.74) is 0.622. The molecule has 0 bridgehead atoms. The summed E-state index contributed by atoms with van der Waals surface area (Å²) in [6.45, 7) is 4.44. The van der Waals surface area contributed by atoms with E-state index < -0.39 is 15.8 Å². The average Bonchev–Trinajstić information content (AvgIpc) is 2.17. The SMILES string of the molecule is CCNCc1cc(F)c(C)c(S(N)(=O)=O)c1. The Bertz CT molecular complexity index is 486. The van der Waals surface area contributed by atoms with E-state index in [1.54, 1.807) is 0 Å². The number of halogens is 1. The first-order chi connectivity index (χ1) is 7.36. The quantitative estimate of drug-likeness (QED) is 0.828. The van der Waals surface area contributed by atoms with Crippen LogP contribution in [0.4, 0.5) is 4.39 Å². The summed E-state index contributed by atoms with van der Waals surface area (Å²) in [6.07, 6.45) is 0. The lowest BCUT2D eigenvalue weighted by molar-refractivity contribution is 0.585. The Hall–Kier alpha value is -0.980. The lowest BCUT2D eigenvalue weighted by atomic mass is 10.1.